The monoisotopic (exact) mass is 393 g/mol. The summed E-state index contributed by atoms with van der Waals surface area (Å²) in [6.45, 7) is 6.56. The van der Waals surface area contributed by atoms with E-state index in [1.54, 1.807) is 12.3 Å². The number of rotatable bonds is 6. The number of hydrogen-bond donors (Lipinski definition) is 2. The number of pyridine rings is 1. The first-order valence-corrected chi connectivity index (χ1v) is 10.8. The predicted octanol–water partition coefficient (Wildman–Crippen LogP) is 2.45. The van der Waals surface area contributed by atoms with E-state index in [4.69, 9.17) is 0 Å². The van der Waals surface area contributed by atoms with Crippen LogP contribution in [-0.4, -0.2) is 61.6 Å². The number of carbonyl (C=O) groups excluding carboxylic acids is 1. The van der Waals surface area contributed by atoms with Crippen LogP contribution >= 0.6 is 0 Å². The summed E-state index contributed by atoms with van der Waals surface area (Å²) in [6, 6.07) is 14.5. The van der Waals surface area contributed by atoms with Crippen molar-refractivity contribution in [1.82, 2.24) is 20.5 Å². The highest BCUT2D eigenvalue weighted by molar-refractivity contribution is 5.94. The Hall–Kier alpha value is -2.44. The average Bonchev–Trinajstić information content (AvgIpc) is 2.80. The summed E-state index contributed by atoms with van der Waals surface area (Å²) in [7, 11) is 0. The van der Waals surface area contributed by atoms with Crippen LogP contribution in [0.1, 0.15) is 41.2 Å². The number of piperidine rings is 1. The number of likely N-dealkylation sites (tertiary alicyclic amines) is 1. The standard InChI is InChI=1S/C23H31N5O/c29-23(26-11-15-27-13-5-2-6-14-27)20-9-10-25-22(17-20)28-16-12-24-21(18-28)19-7-3-1-4-8-19/h1,3-4,7-10,17,21,24H,2,5-6,11-16,18H2,(H,26,29)/t21-/m0/s1. The highest BCUT2D eigenvalue weighted by atomic mass is 16.1. The maximum Gasteiger partial charge on any atom is 0.251 e. The molecular formula is C23H31N5O. The van der Waals surface area contributed by atoms with E-state index >= 15 is 0 Å². The van der Waals surface area contributed by atoms with E-state index in [-0.39, 0.29) is 11.9 Å². The summed E-state index contributed by atoms with van der Waals surface area (Å²) in [6.07, 6.45) is 5.63. The Morgan fingerprint density at radius 1 is 1.10 bits per heavy atom. The minimum absolute atomic E-state index is 0.0135. The highest BCUT2D eigenvalue weighted by Crippen LogP contribution is 2.21. The third-order valence-electron chi connectivity index (χ3n) is 5.87. The number of piperazine rings is 1. The molecule has 4 rings (SSSR count). The van der Waals surface area contributed by atoms with Crippen LogP contribution < -0.4 is 15.5 Å². The Morgan fingerprint density at radius 2 is 1.93 bits per heavy atom. The van der Waals surface area contributed by atoms with Crippen LogP contribution in [0.25, 0.3) is 0 Å². The number of anilines is 1. The zero-order chi connectivity index (χ0) is 19.9. The van der Waals surface area contributed by atoms with Gasteiger partial charge in [0.1, 0.15) is 5.82 Å². The van der Waals surface area contributed by atoms with Crippen molar-refractivity contribution in [1.29, 1.82) is 0 Å². The summed E-state index contributed by atoms with van der Waals surface area (Å²) in [5.74, 6) is 0.858. The molecule has 0 spiro atoms. The van der Waals surface area contributed by atoms with Gasteiger partial charge in [-0.1, -0.05) is 36.8 Å². The predicted molar refractivity (Wildman–Crippen MR) is 116 cm³/mol. The Balaban J connectivity index is 1.34. The fourth-order valence-electron chi connectivity index (χ4n) is 4.21. The van der Waals surface area contributed by atoms with Crippen molar-refractivity contribution in [3.8, 4) is 0 Å². The van der Waals surface area contributed by atoms with Gasteiger partial charge in [-0.05, 0) is 43.6 Å². The Bertz CT molecular complexity index is 791. The lowest BCUT2D eigenvalue weighted by molar-refractivity contribution is 0.0946. The molecule has 6 heteroatoms. The number of nitrogens with one attached hydrogen (secondary N) is 2. The van der Waals surface area contributed by atoms with Crippen molar-refractivity contribution in [2.45, 2.75) is 25.3 Å². The second kappa shape index (κ2) is 9.85. The first kappa shape index (κ1) is 19.9. The molecule has 2 saturated heterocycles. The van der Waals surface area contributed by atoms with Crippen molar-refractivity contribution in [2.24, 2.45) is 0 Å². The van der Waals surface area contributed by atoms with E-state index in [0.29, 0.717) is 12.1 Å². The van der Waals surface area contributed by atoms with Crippen LogP contribution in [0.4, 0.5) is 5.82 Å². The molecule has 154 valence electrons. The second-order valence-electron chi connectivity index (χ2n) is 7.92. The number of nitrogens with zero attached hydrogens (tertiary/aromatic N) is 3. The van der Waals surface area contributed by atoms with E-state index in [1.807, 2.05) is 12.1 Å². The summed E-state index contributed by atoms with van der Waals surface area (Å²) in [5, 5.41) is 6.65. The summed E-state index contributed by atoms with van der Waals surface area (Å²) in [4.78, 5) is 21.9. The topological polar surface area (TPSA) is 60.5 Å². The summed E-state index contributed by atoms with van der Waals surface area (Å²) in [5.41, 5.74) is 1.97. The van der Waals surface area contributed by atoms with Crippen molar-refractivity contribution in [3.05, 3.63) is 59.8 Å². The molecule has 2 aliphatic rings. The third kappa shape index (κ3) is 5.34. The zero-order valence-corrected chi connectivity index (χ0v) is 17.0. The van der Waals surface area contributed by atoms with Crippen LogP contribution in [0, 0.1) is 0 Å². The van der Waals surface area contributed by atoms with Crippen molar-refractivity contribution in [2.75, 3.05) is 50.7 Å². The highest BCUT2D eigenvalue weighted by Gasteiger charge is 2.22. The van der Waals surface area contributed by atoms with Gasteiger partial charge in [-0.2, -0.15) is 0 Å². The van der Waals surface area contributed by atoms with Gasteiger partial charge in [0.25, 0.3) is 5.91 Å². The molecule has 2 N–H and O–H groups in total. The largest absolute Gasteiger partial charge is 0.353 e. The minimum atomic E-state index is -0.0135. The molecule has 1 aromatic carbocycles. The molecule has 6 nitrogen and oxygen atoms in total. The van der Waals surface area contributed by atoms with Gasteiger partial charge in [0.2, 0.25) is 0 Å². The van der Waals surface area contributed by atoms with Crippen LogP contribution in [0.2, 0.25) is 0 Å². The number of amides is 1. The van der Waals surface area contributed by atoms with E-state index < -0.39 is 0 Å². The maximum atomic E-state index is 12.6. The average molecular weight is 394 g/mol. The summed E-state index contributed by atoms with van der Waals surface area (Å²) >= 11 is 0. The van der Waals surface area contributed by atoms with Crippen LogP contribution in [0.15, 0.2) is 48.7 Å². The second-order valence-corrected chi connectivity index (χ2v) is 7.92. The molecule has 0 aliphatic carbocycles. The molecule has 2 aliphatic heterocycles. The zero-order valence-electron chi connectivity index (χ0n) is 17.0. The molecule has 1 aromatic heterocycles. The van der Waals surface area contributed by atoms with Gasteiger partial charge < -0.3 is 20.4 Å². The van der Waals surface area contributed by atoms with Gasteiger partial charge in [0.15, 0.2) is 0 Å². The first-order chi connectivity index (χ1) is 14.3. The van der Waals surface area contributed by atoms with E-state index in [2.05, 4.69) is 49.7 Å². The summed E-state index contributed by atoms with van der Waals surface area (Å²) < 4.78 is 0. The number of aromatic nitrogens is 1. The SMILES string of the molecule is O=C(NCCN1CCCCC1)c1ccnc(N2CCN[C@H](c3ccccc3)C2)c1. The fourth-order valence-corrected chi connectivity index (χ4v) is 4.21. The lowest BCUT2D eigenvalue weighted by Gasteiger charge is -2.35. The van der Waals surface area contributed by atoms with Crippen molar-refractivity contribution < 1.29 is 4.79 Å². The number of carbonyl (C=O) groups is 1. The molecule has 29 heavy (non-hydrogen) atoms. The van der Waals surface area contributed by atoms with Gasteiger partial charge in [-0.15, -0.1) is 0 Å². The molecule has 1 atom stereocenters. The van der Waals surface area contributed by atoms with Gasteiger partial charge in [-0.3, -0.25) is 4.79 Å². The van der Waals surface area contributed by atoms with E-state index in [0.717, 1.165) is 45.1 Å². The molecule has 2 fully saturated rings. The van der Waals surface area contributed by atoms with Crippen LogP contribution in [0.3, 0.4) is 0 Å². The van der Waals surface area contributed by atoms with Gasteiger partial charge >= 0.3 is 0 Å². The Morgan fingerprint density at radius 3 is 2.76 bits per heavy atom. The normalized spacial score (nSPS) is 20.4. The van der Waals surface area contributed by atoms with Gasteiger partial charge in [-0.25, -0.2) is 4.98 Å². The van der Waals surface area contributed by atoms with E-state index in [9.17, 15) is 4.79 Å². The van der Waals surface area contributed by atoms with Crippen LogP contribution in [-0.2, 0) is 0 Å². The Labute approximate surface area is 173 Å². The van der Waals surface area contributed by atoms with Crippen molar-refractivity contribution >= 4 is 11.7 Å². The lowest BCUT2D eigenvalue weighted by atomic mass is 10.0. The molecule has 0 saturated carbocycles. The molecular weight excluding hydrogens is 362 g/mol. The minimum Gasteiger partial charge on any atom is -0.353 e. The van der Waals surface area contributed by atoms with Gasteiger partial charge in [0, 0.05) is 50.5 Å². The molecule has 3 heterocycles. The lowest BCUT2D eigenvalue weighted by Crippen LogP contribution is -2.46. The smallest absolute Gasteiger partial charge is 0.251 e. The number of hydrogen-bond acceptors (Lipinski definition) is 5. The Kier molecular flexibility index (Phi) is 6.75. The van der Waals surface area contributed by atoms with Crippen molar-refractivity contribution in [3.63, 3.8) is 0 Å². The molecule has 1 amide bonds. The van der Waals surface area contributed by atoms with Gasteiger partial charge in [0.05, 0.1) is 0 Å². The first-order valence-electron chi connectivity index (χ1n) is 10.8. The molecule has 0 radical (unpaired) electrons. The molecule has 0 bridgehead atoms. The maximum absolute atomic E-state index is 12.6. The molecule has 2 aromatic rings. The third-order valence-corrected chi connectivity index (χ3v) is 5.87. The van der Waals surface area contributed by atoms with E-state index in [1.165, 1.54) is 24.8 Å². The quantitative estimate of drug-likeness (QED) is 0.789. The molecule has 0 unspecified atom stereocenters. The van der Waals surface area contributed by atoms with Crippen LogP contribution in [0.5, 0.6) is 0 Å². The fraction of sp³-hybridized carbons (Fsp3) is 0.478. The number of benzene rings is 1.